The molecule has 1 aliphatic rings. The third kappa shape index (κ3) is 3.24. The molecule has 2 rings (SSSR count). The van der Waals surface area contributed by atoms with Gasteiger partial charge in [0.25, 0.3) is 0 Å². The van der Waals surface area contributed by atoms with E-state index in [1.54, 1.807) is 0 Å². The highest BCUT2D eigenvalue weighted by Gasteiger charge is 2.31. The predicted octanol–water partition coefficient (Wildman–Crippen LogP) is 2.77. The first-order valence-electron chi connectivity index (χ1n) is 7.09. The number of allylic oxidation sites excluding steroid dienone is 1. The highest BCUT2D eigenvalue weighted by atomic mass is 16.4. The second-order valence-electron chi connectivity index (χ2n) is 6.02. The molecule has 0 aliphatic heterocycles. The van der Waals surface area contributed by atoms with Crippen molar-refractivity contribution < 1.29 is 9.52 Å². The molecule has 106 valence electrons. The van der Waals surface area contributed by atoms with Gasteiger partial charge in [-0.15, -0.1) is 10.2 Å². The van der Waals surface area contributed by atoms with E-state index in [2.05, 4.69) is 37.0 Å². The Morgan fingerprint density at radius 2 is 2.11 bits per heavy atom. The first kappa shape index (κ1) is 14.3. The molecule has 1 aliphatic carbocycles. The summed E-state index contributed by atoms with van der Waals surface area (Å²) in [4.78, 5) is 0. The van der Waals surface area contributed by atoms with E-state index in [1.807, 2.05) is 6.92 Å². The Labute approximate surface area is 114 Å². The molecule has 0 fully saturated rings. The molecule has 3 atom stereocenters. The first-order valence-corrected chi connectivity index (χ1v) is 7.09. The van der Waals surface area contributed by atoms with Crippen LogP contribution in [0.2, 0.25) is 0 Å². The lowest BCUT2D eigenvalue weighted by atomic mass is 9.70. The lowest BCUT2D eigenvalue weighted by molar-refractivity contribution is 0.147. The zero-order valence-electron chi connectivity index (χ0n) is 12.3. The van der Waals surface area contributed by atoms with Crippen LogP contribution in [0.25, 0.3) is 0 Å². The van der Waals surface area contributed by atoms with Crippen molar-refractivity contribution in [2.75, 3.05) is 6.61 Å². The predicted molar refractivity (Wildman–Crippen MR) is 73.5 cm³/mol. The molecule has 0 amide bonds. The van der Waals surface area contributed by atoms with Gasteiger partial charge in [-0.25, -0.2) is 0 Å². The Morgan fingerprint density at radius 1 is 1.37 bits per heavy atom. The number of aliphatic hydroxyl groups excluding tert-OH is 1. The number of aryl methyl sites for hydroxylation is 1. The van der Waals surface area contributed by atoms with Crippen LogP contribution in [0.3, 0.4) is 0 Å². The van der Waals surface area contributed by atoms with Crippen LogP contribution in [0.1, 0.15) is 39.0 Å². The average Bonchev–Trinajstić information content (AvgIpc) is 2.76. The summed E-state index contributed by atoms with van der Waals surface area (Å²) in [6.45, 7) is 8.67. The third-order valence-corrected chi connectivity index (χ3v) is 4.28. The maximum absolute atomic E-state index is 9.52. The fourth-order valence-corrected chi connectivity index (χ4v) is 3.12. The molecule has 0 aromatic carbocycles. The Balaban J connectivity index is 2.13. The third-order valence-electron chi connectivity index (χ3n) is 4.28. The van der Waals surface area contributed by atoms with Crippen molar-refractivity contribution in [3.63, 3.8) is 0 Å². The van der Waals surface area contributed by atoms with Crippen molar-refractivity contribution in [1.29, 1.82) is 0 Å². The van der Waals surface area contributed by atoms with E-state index in [-0.39, 0.29) is 6.61 Å². The van der Waals surface area contributed by atoms with Crippen LogP contribution in [0.5, 0.6) is 0 Å². The van der Waals surface area contributed by atoms with Gasteiger partial charge in [-0.1, -0.05) is 25.5 Å². The van der Waals surface area contributed by atoms with E-state index >= 15 is 0 Å². The normalized spacial score (nSPS) is 27.7. The van der Waals surface area contributed by atoms with Crippen LogP contribution in [-0.2, 0) is 6.42 Å². The van der Waals surface area contributed by atoms with Gasteiger partial charge in [0.2, 0.25) is 11.8 Å². The summed E-state index contributed by atoms with van der Waals surface area (Å²) in [5, 5.41) is 17.5. The largest absolute Gasteiger partial charge is 0.426 e. The number of hydrogen-bond acceptors (Lipinski definition) is 4. The Bertz CT molecular complexity index is 451. The van der Waals surface area contributed by atoms with Gasteiger partial charge in [-0.05, 0) is 31.1 Å². The number of aromatic nitrogens is 2. The molecule has 0 spiro atoms. The maximum Gasteiger partial charge on any atom is 0.217 e. The Morgan fingerprint density at radius 3 is 2.63 bits per heavy atom. The highest BCUT2D eigenvalue weighted by molar-refractivity contribution is 5.13. The van der Waals surface area contributed by atoms with Gasteiger partial charge >= 0.3 is 0 Å². The zero-order valence-corrected chi connectivity index (χ0v) is 12.3. The van der Waals surface area contributed by atoms with Crippen molar-refractivity contribution in [3.05, 3.63) is 23.4 Å². The number of hydrogen-bond donors (Lipinski definition) is 1. The van der Waals surface area contributed by atoms with E-state index in [0.717, 1.165) is 18.7 Å². The number of rotatable bonds is 4. The summed E-state index contributed by atoms with van der Waals surface area (Å²) in [5.41, 5.74) is 1.34. The van der Waals surface area contributed by atoms with Gasteiger partial charge in [-0.2, -0.15) is 0 Å². The Hall–Kier alpha value is -1.16. The van der Waals surface area contributed by atoms with Crippen molar-refractivity contribution in [2.45, 2.75) is 40.5 Å². The molecule has 0 radical (unpaired) electrons. The van der Waals surface area contributed by atoms with E-state index in [4.69, 9.17) is 4.42 Å². The topological polar surface area (TPSA) is 59.2 Å². The minimum Gasteiger partial charge on any atom is -0.426 e. The van der Waals surface area contributed by atoms with Crippen LogP contribution >= 0.6 is 0 Å². The summed E-state index contributed by atoms with van der Waals surface area (Å²) >= 11 is 0. The molecule has 1 aromatic heterocycles. The van der Waals surface area contributed by atoms with Crippen LogP contribution in [0.15, 0.2) is 16.1 Å². The summed E-state index contributed by atoms with van der Waals surface area (Å²) < 4.78 is 5.48. The van der Waals surface area contributed by atoms with Gasteiger partial charge in [0, 0.05) is 25.9 Å². The van der Waals surface area contributed by atoms with Crippen LogP contribution < -0.4 is 0 Å². The molecule has 1 N–H and O–H groups in total. The van der Waals surface area contributed by atoms with Gasteiger partial charge in [-0.3, -0.25) is 0 Å². The molecular formula is C15H24N2O2. The second kappa shape index (κ2) is 5.87. The molecule has 0 bridgehead atoms. The molecule has 0 saturated carbocycles. The van der Waals surface area contributed by atoms with Crippen LogP contribution in [0, 0.1) is 30.6 Å². The molecule has 4 heteroatoms. The minimum absolute atomic E-state index is 0.243. The fraction of sp³-hybridized carbons (Fsp3) is 0.733. The molecular weight excluding hydrogens is 240 g/mol. The lowest BCUT2D eigenvalue weighted by Gasteiger charge is -2.36. The highest BCUT2D eigenvalue weighted by Crippen LogP contribution is 2.38. The molecule has 0 saturated heterocycles. The molecule has 1 aromatic rings. The lowest BCUT2D eigenvalue weighted by Crippen LogP contribution is -2.30. The van der Waals surface area contributed by atoms with Crippen molar-refractivity contribution in [2.24, 2.45) is 23.7 Å². The van der Waals surface area contributed by atoms with Crippen molar-refractivity contribution >= 4 is 0 Å². The minimum atomic E-state index is 0.243. The summed E-state index contributed by atoms with van der Waals surface area (Å²) in [5.74, 6) is 3.20. The van der Waals surface area contributed by atoms with E-state index in [1.165, 1.54) is 5.57 Å². The fourth-order valence-electron chi connectivity index (χ4n) is 3.12. The summed E-state index contributed by atoms with van der Waals surface area (Å²) in [6, 6.07) is 0. The number of nitrogens with zero attached hydrogens (tertiary/aromatic N) is 2. The van der Waals surface area contributed by atoms with Crippen molar-refractivity contribution in [3.8, 4) is 0 Å². The monoisotopic (exact) mass is 264 g/mol. The quantitative estimate of drug-likeness (QED) is 0.849. The molecule has 4 nitrogen and oxygen atoms in total. The van der Waals surface area contributed by atoms with Crippen LogP contribution in [-0.4, -0.2) is 21.9 Å². The standard InChI is InChI=1S/C15H24N2O2/c1-9(2)14-6-12(10(3)5-13(14)8-18)7-15-17-16-11(4)19-15/h5,9,12-14,18H,6-8H2,1-4H3/t12-,13-,14-/m0/s1. The average molecular weight is 264 g/mol. The van der Waals surface area contributed by atoms with Gasteiger partial charge in [0.1, 0.15) is 0 Å². The summed E-state index contributed by atoms with van der Waals surface area (Å²) in [7, 11) is 0. The smallest absolute Gasteiger partial charge is 0.217 e. The first-order chi connectivity index (χ1) is 9.01. The molecule has 0 unspecified atom stereocenters. The van der Waals surface area contributed by atoms with E-state index in [0.29, 0.717) is 29.6 Å². The zero-order chi connectivity index (χ0) is 14.0. The van der Waals surface area contributed by atoms with E-state index < -0.39 is 0 Å². The SMILES string of the molecule is CC1=C[C@@H](CO)[C@H](C(C)C)C[C@H]1Cc1nnc(C)o1. The van der Waals surface area contributed by atoms with E-state index in [9.17, 15) is 5.11 Å². The number of aliphatic hydroxyl groups is 1. The maximum atomic E-state index is 9.52. The van der Waals surface area contributed by atoms with Crippen LogP contribution in [0.4, 0.5) is 0 Å². The van der Waals surface area contributed by atoms with Gasteiger partial charge in [0.05, 0.1) is 0 Å². The van der Waals surface area contributed by atoms with Crippen molar-refractivity contribution in [1.82, 2.24) is 10.2 Å². The summed E-state index contributed by atoms with van der Waals surface area (Å²) in [6.07, 6.45) is 4.14. The molecule has 1 heterocycles. The Kier molecular flexibility index (Phi) is 4.40. The van der Waals surface area contributed by atoms with Gasteiger partial charge < -0.3 is 9.52 Å². The molecule has 19 heavy (non-hydrogen) atoms. The second-order valence-corrected chi connectivity index (χ2v) is 6.02. The van der Waals surface area contributed by atoms with Gasteiger partial charge in [0.15, 0.2) is 0 Å².